The van der Waals surface area contributed by atoms with E-state index in [9.17, 15) is 9.90 Å². The molecule has 1 aliphatic rings. The van der Waals surface area contributed by atoms with Crippen molar-refractivity contribution in [3.8, 4) is 0 Å². The zero-order valence-electron chi connectivity index (χ0n) is 11.7. The van der Waals surface area contributed by atoms with Gasteiger partial charge in [0.1, 0.15) is 5.82 Å². The van der Waals surface area contributed by atoms with E-state index < -0.39 is 5.97 Å². The number of nitrogens with zero attached hydrogens (tertiary/aromatic N) is 3. The summed E-state index contributed by atoms with van der Waals surface area (Å²) in [5, 5.41) is 9.42. The molecule has 0 radical (unpaired) electrons. The first kappa shape index (κ1) is 14.1. The number of hydrogen-bond donors (Lipinski definition) is 1. The maximum absolute atomic E-state index is 11.4. The number of aryl methyl sites for hydroxylation is 1. The molecule has 5 heteroatoms. The van der Waals surface area contributed by atoms with Gasteiger partial charge in [0, 0.05) is 25.5 Å². The van der Waals surface area contributed by atoms with Crippen LogP contribution >= 0.6 is 0 Å². The van der Waals surface area contributed by atoms with Gasteiger partial charge in [0.25, 0.3) is 0 Å². The van der Waals surface area contributed by atoms with Crippen LogP contribution in [-0.4, -0.2) is 38.6 Å². The lowest BCUT2D eigenvalue weighted by molar-refractivity contribution is -0.144. The molecule has 0 aliphatic heterocycles. The third kappa shape index (κ3) is 3.35. The minimum absolute atomic E-state index is 0.122. The molecular formula is C14H23N3O2. The van der Waals surface area contributed by atoms with Crippen molar-refractivity contribution in [2.24, 2.45) is 13.0 Å². The van der Waals surface area contributed by atoms with Gasteiger partial charge in [0.2, 0.25) is 0 Å². The Hall–Kier alpha value is -1.36. The first-order valence-electron chi connectivity index (χ1n) is 6.99. The largest absolute Gasteiger partial charge is 0.481 e. The number of carboxylic acid groups (broad SMARTS) is 1. The van der Waals surface area contributed by atoms with Gasteiger partial charge in [-0.2, -0.15) is 0 Å². The van der Waals surface area contributed by atoms with Crippen molar-refractivity contribution in [2.45, 2.75) is 44.7 Å². The SMILES string of the molecule is CN(Cc1nccn1C)C1CCCCCC1C(=O)O. The van der Waals surface area contributed by atoms with Gasteiger partial charge in [0.15, 0.2) is 0 Å². The summed E-state index contributed by atoms with van der Waals surface area (Å²) < 4.78 is 1.99. The summed E-state index contributed by atoms with van der Waals surface area (Å²) in [6.45, 7) is 0.706. The molecule has 0 bridgehead atoms. The Morgan fingerprint density at radius 3 is 2.84 bits per heavy atom. The van der Waals surface area contributed by atoms with Gasteiger partial charge in [-0.3, -0.25) is 9.69 Å². The van der Waals surface area contributed by atoms with Crippen LogP contribution in [0.3, 0.4) is 0 Å². The number of carbonyl (C=O) groups is 1. The van der Waals surface area contributed by atoms with E-state index in [1.165, 1.54) is 0 Å². The first-order valence-corrected chi connectivity index (χ1v) is 6.99. The van der Waals surface area contributed by atoms with Crippen molar-refractivity contribution in [1.82, 2.24) is 14.5 Å². The molecule has 0 saturated heterocycles. The van der Waals surface area contributed by atoms with Gasteiger partial charge in [-0.15, -0.1) is 0 Å². The second-order valence-corrected chi connectivity index (χ2v) is 5.52. The second-order valence-electron chi connectivity index (χ2n) is 5.52. The molecule has 0 spiro atoms. The number of imidazole rings is 1. The van der Waals surface area contributed by atoms with Crippen molar-refractivity contribution < 1.29 is 9.90 Å². The van der Waals surface area contributed by atoms with Crippen LogP contribution in [-0.2, 0) is 18.4 Å². The fourth-order valence-corrected chi connectivity index (χ4v) is 2.99. The molecular weight excluding hydrogens is 242 g/mol. The standard InChI is InChI=1S/C14H23N3O2/c1-16-9-8-15-13(16)10-17(2)12-7-5-3-4-6-11(12)14(18)19/h8-9,11-12H,3-7,10H2,1-2H3,(H,18,19). The Kier molecular flexibility index (Phi) is 4.58. The fourth-order valence-electron chi connectivity index (χ4n) is 2.99. The third-order valence-corrected chi connectivity index (χ3v) is 4.17. The molecule has 5 nitrogen and oxygen atoms in total. The van der Waals surface area contributed by atoms with E-state index in [1.807, 2.05) is 24.9 Å². The summed E-state index contributed by atoms with van der Waals surface area (Å²) in [5.41, 5.74) is 0. The molecule has 1 heterocycles. The Labute approximate surface area is 114 Å². The highest BCUT2D eigenvalue weighted by atomic mass is 16.4. The summed E-state index contributed by atoms with van der Waals surface area (Å²) >= 11 is 0. The Morgan fingerprint density at radius 1 is 1.47 bits per heavy atom. The average Bonchev–Trinajstić information content (AvgIpc) is 2.66. The topological polar surface area (TPSA) is 58.4 Å². The third-order valence-electron chi connectivity index (χ3n) is 4.17. The minimum Gasteiger partial charge on any atom is -0.481 e. The number of rotatable bonds is 4. The molecule has 1 aromatic rings. The lowest BCUT2D eigenvalue weighted by atomic mass is 9.94. The van der Waals surface area contributed by atoms with E-state index in [0.717, 1.165) is 37.9 Å². The molecule has 106 valence electrons. The molecule has 1 saturated carbocycles. The number of aromatic nitrogens is 2. The highest BCUT2D eigenvalue weighted by Gasteiger charge is 2.32. The van der Waals surface area contributed by atoms with Crippen molar-refractivity contribution in [3.63, 3.8) is 0 Å². The second kappa shape index (κ2) is 6.19. The molecule has 2 unspecified atom stereocenters. The Morgan fingerprint density at radius 2 is 2.21 bits per heavy atom. The van der Waals surface area contributed by atoms with Gasteiger partial charge < -0.3 is 9.67 Å². The Balaban J connectivity index is 2.08. The van der Waals surface area contributed by atoms with E-state index in [0.29, 0.717) is 6.54 Å². The van der Waals surface area contributed by atoms with Crippen molar-refractivity contribution >= 4 is 5.97 Å². The summed E-state index contributed by atoms with van der Waals surface area (Å²) in [5.74, 6) is 0.0854. The van der Waals surface area contributed by atoms with Crippen LogP contribution in [0.1, 0.15) is 37.9 Å². The van der Waals surface area contributed by atoms with Crippen molar-refractivity contribution in [2.75, 3.05) is 7.05 Å². The maximum Gasteiger partial charge on any atom is 0.308 e. The van der Waals surface area contributed by atoms with E-state index in [1.54, 1.807) is 6.20 Å². The summed E-state index contributed by atoms with van der Waals surface area (Å²) in [7, 11) is 3.98. The quantitative estimate of drug-likeness (QED) is 0.845. The normalized spacial score (nSPS) is 24.4. The van der Waals surface area contributed by atoms with Crippen LogP contribution in [0.15, 0.2) is 12.4 Å². The highest BCUT2D eigenvalue weighted by Crippen LogP contribution is 2.27. The summed E-state index contributed by atoms with van der Waals surface area (Å²) in [6.07, 6.45) is 8.78. The summed E-state index contributed by atoms with van der Waals surface area (Å²) in [6, 6.07) is 0.122. The van der Waals surface area contributed by atoms with Crippen LogP contribution in [0.2, 0.25) is 0 Å². The Bertz CT molecular complexity index is 430. The molecule has 0 amide bonds. The zero-order valence-corrected chi connectivity index (χ0v) is 11.7. The summed E-state index contributed by atoms with van der Waals surface area (Å²) in [4.78, 5) is 17.9. The number of aliphatic carboxylic acids is 1. The zero-order chi connectivity index (χ0) is 13.8. The lowest BCUT2D eigenvalue weighted by Gasteiger charge is -2.31. The van der Waals surface area contributed by atoms with Gasteiger partial charge in [0.05, 0.1) is 12.5 Å². The highest BCUT2D eigenvalue weighted by molar-refractivity contribution is 5.70. The molecule has 2 atom stereocenters. The molecule has 0 aromatic carbocycles. The maximum atomic E-state index is 11.4. The van der Waals surface area contributed by atoms with Crippen LogP contribution < -0.4 is 0 Å². The number of carboxylic acids is 1. The molecule has 1 N–H and O–H groups in total. The van der Waals surface area contributed by atoms with Gasteiger partial charge >= 0.3 is 5.97 Å². The predicted molar refractivity (Wildman–Crippen MR) is 72.7 cm³/mol. The van der Waals surface area contributed by atoms with Crippen molar-refractivity contribution in [3.05, 3.63) is 18.2 Å². The molecule has 19 heavy (non-hydrogen) atoms. The lowest BCUT2D eigenvalue weighted by Crippen LogP contribution is -2.41. The van der Waals surface area contributed by atoms with Gasteiger partial charge in [-0.05, 0) is 19.9 Å². The fraction of sp³-hybridized carbons (Fsp3) is 0.714. The smallest absolute Gasteiger partial charge is 0.308 e. The predicted octanol–water partition coefficient (Wildman–Crippen LogP) is 1.89. The minimum atomic E-state index is -0.654. The van der Waals surface area contributed by atoms with Crippen LogP contribution in [0.4, 0.5) is 0 Å². The van der Waals surface area contributed by atoms with Gasteiger partial charge in [-0.1, -0.05) is 19.3 Å². The van der Waals surface area contributed by atoms with E-state index in [4.69, 9.17) is 0 Å². The van der Waals surface area contributed by atoms with E-state index >= 15 is 0 Å². The average molecular weight is 265 g/mol. The molecule has 2 rings (SSSR count). The molecule has 1 aromatic heterocycles. The van der Waals surface area contributed by atoms with Crippen LogP contribution in [0.5, 0.6) is 0 Å². The molecule has 1 aliphatic carbocycles. The van der Waals surface area contributed by atoms with E-state index in [-0.39, 0.29) is 12.0 Å². The monoisotopic (exact) mass is 265 g/mol. The van der Waals surface area contributed by atoms with Crippen molar-refractivity contribution in [1.29, 1.82) is 0 Å². The van der Waals surface area contributed by atoms with Crippen LogP contribution in [0.25, 0.3) is 0 Å². The number of hydrogen-bond acceptors (Lipinski definition) is 3. The molecule has 1 fully saturated rings. The van der Waals surface area contributed by atoms with E-state index in [2.05, 4.69) is 9.88 Å². The van der Waals surface area contributed by atoms with Gasteiger partial charge in [-0.25, -0.2) is 4.98 Å². The first-order chi connectivity index (χ1) is 9.09. The van der Waals surface area contributed by atoms with Crippen LogP contribution in [0, 0.1) is 5.92 Å².